The van der Waals surface area contributed by atoms with Crippen LogP contribution in [-0.2, 0) is 0 Å². The van der Waals surface area contributed by atoms with Crippen molar-refractivity contribution >= 4 is 76.6 Å². The molecule has 156 valence electrons. The van der Waals surface area contributed by atoms with E-state index < -0.39 is 5.97 Å². The van der Waals surface area contributed by atoms with Crippen LogP contribution in [0.2, 0.25) is 0 Å². The third-order valence-corrected chi connectivity index (χ3v) is 5.34. The summed E-state index contributed by atoms with van der Waals surface area (Å²) < 4.78 is 5.94. The van der Waals surface area contributed by atoms with Gasteiger partial charge in [0, 0.05) is 42.9 Å². The number of hydrogen-bond acceptors (Lipinski definition) is 6. The van der Waals surface area contributed by atoms with Crippen LogP contribution in [0.5, 0.6) is 0 Å². The molecule has 0 bridgehead atoms. The minimum atomic E-state index is -0.951. The van der Waals surface area contributed by atoms with Crippen LogP contribution in [-0.4, -0.2) is 39.8 Å². The first-order chi connectivity index (χ1) is 14.9. The number of imidazole rings is 2. The Balaban J connectivity index is 0.000000177. The number of nitrogens with zero attached hydrogens (tertiary/aromatic N) is 6. The quantitative estimate of drug-likeness (QED) is 0.290. The van der Waals surface area contributed by atoms with Gasteiger partial charge in [0.2, 0.25) is 0 Å². The molecule has 0 spiro atoms. The van der Waals surface area contributed by atoms with E-state index in [0.717, 1.165) is 20.5 Å². The molecule has 4 aromatic heterocycles. The van der Waals surface area contributed by atoms with E-state index in [-0.39, 0.29) is 5.56 Å². The summed E-state index contributed by atoms with van der Waals surface area (Å²) >= 11 is 9.92. The summed E-state index contributed by atoms with van der Waals surface area (Å²) in [6.45, 7) is 0. The number of halogens is 3. The van der Waals surface area contributed by atoms with Crippen molar-refractivity contribution < 1.29 is 9.90 Å². The monoisotopic (exact) mass is 607 g/mol. The van der Waals surface area contributed by atoms with Gasteiger partial charge in [-0.3, -0.25) is 0 Å². The maximum atomic E-state index is 10.8. The molecular formula is C19H12Br3N7O2. The zero-order valence-electron chi connectivity index (χ0n) is 15.4. The van der Waals surface area contributed by atoms with Crippen LogP contribution >= 0.6 is 47.8 Å². The van der Waals surface area contributed by atoms with Crippen LogP contribution in [0.1, 0.15) is 10.4 Å². The minimum absolute atomic E-state index is 0.240. The Kier molecular flexibility index (Phi) is 6.30. The molecule has 0 aliphatic carbocycles. The van der Waals surface area contributed by atoms with E-state index >= 15 is 0 Å². The maximum absolute atomic E-state index is 10.8. The van der Waals surface area contributed by atoms with Gasteiger partial charge in [-0.05, 0) is 72.1 Å². The average molecular weight is 610 g/mol. The Morgan fingerprint density at radius 2 is 1.45 bits per heavy atom. The lowest BCUT2D eigenvalue weighted by Crippen LogP contribution is -2.00. The number of fused-ring (bicyclic) bond motifs is 2. The number of anilines is 2. The van der Waals surface area contributed by atoms with E-state index in [4.69, 9.17) is 5.11 Å². The smallest absolute Gasteiger partial charge is 0.335 e. The Labute approximate surface area is 200 Å². The molecule has 0 amide bonds. The van der Waals surface area contributed by atoms with Gasteiger partial charge in [0.05, 0.1) is 5.56 Å². The molecular weight excluding hydrogens is 598 g/mol. The SMILES string of the molecule is Brc1cn2ccnc2c(Br)n1.O=C(O)c1ccc(Nc2nc(Br)cn3ccnc23)cc1. The van der Waals surface area contributed by atoms with Crippen molar-refractivity contribution in [3.63, 3.8) is 0 Å². The van der Waals surface area contributed by atoms with Crippen LogP contribution in [0.15, 0.2) is 75.3 Å². The van der Waals surface area contributed by atoms with Crippen LogP contribution in [0.25, 0.3) is 11.3 Å². The highest BCUT2D eigenvalue weighted by Gasteiger charge is 2.08. The van der Waals surface area contributed by atoms with E-state index in [0.29, 0.717) is 16.1 Å². The Hall–Kier alpha value is -2.83. The second kappa shape index (κ2) is 9.12. The molecule has 12 heteroatoms. The molecule has 0 atom stereocenters. The van der Waals surface area contributed by atoms with Gasteiger partial charge in [-0.1, -0.05) is 0 Å². The number of aromatic carboxylic acids is 1. The van der Waals surface area contributed by atoms with Crippen LogP contribution in [0.3, 0.4) is 0 Å². The molecule has 31 heavy (non-hydrogen) atoms. The second-order valence-corrected chi connectivity index (χ2v) is 8.47. The lowest BCUT2D eigenvalue weighted by molar-refractivity contribution is 0.0697. The van der Waals surface area contributed by atoms with Gasteiger partial charge >= 0.3 is 5.97 Å². The molecule has 0 radical (unpaired) electrons. The first kappa shape index (κ1) is 21.4. The van der Waals surface area contributed by atoms with Gasteiger partial charge in [-0.15, -0.1) is 0 Å². The highest BCUT2D eigenvalue weighted by atomic mass is 79.9. The molecule has 0 fully saturated rings. The summed E-state index contributed by atoms with van der Waals surface area (Å²) in [7, 11) is 0. The number of hydrogen-bond donors (Lipinski definition) is 2. The van der Waals surface area contributed by atoms with Gasteiger partial charge in [-0.2, -0.15) is 0 Å². The molecule has 2 N–H and O–H groups in total. The highest BCUT2D eigenvalue weighted by Crippen LogP contribution is 2.21. The van der Waals surface area contributed by atoms with E-state index in [1.165, 1.54) is 12.1 Å². The largest absolute Gasteiger partial charge is 0.478 e. The van der Waals surface area contributed by atoms with Crippen molar-refractivity contribution in [3.8, 4) is 0 Å². The lowest BCUT2D eigenvalue weighted by Gasteiger charge is -2.07. The third-order valence-electron chi connectivity index (χ3n) is 4.04. The summed E-state index contributed by atoms with van der Waals surface area (Å²) in [5.41, 5.74) is 2.50. The number of carboxylic acids is 1. The van der Waals surface area contributed by atoms with Crippen molar-refractivity contribution in [2.45, 2.75) is 0 Å². The van der Waals surface area contributed by atoms with Crippen LogP contribution in [0, 0.1) is 0 Å². The maximum Gasteiger partial charge on any atom is 0.335 e. The van der Waals surface area contributed by atoms with E-state index in [2.05, 4.69) is 73.0 Å². The minimum Gasteiger partial charge on any atom is -0.478 e. The molecule has 5 rings (SSSR count). The topological polar surface area (TPSA) is 110 Å². The normalized spacial score (nSPS) is 10.7. The number of nitrogens with one attached hydrogen (secondary N) is 1. The Morgan fingerprint density at radius 1 is 0.871 bits per heavy atom. The number of benzene rings is 1. The summed E-state index contributed by atoms with van der Waals surface area (Å²) in [4.78, 5) is 27.6. The number of rotatable bonds is 3. The molecule has 0 saturated heterocycles. The standard InChI is InChI=1S/C13H9BrN4O2.C6H3Br2N3/c14-10-7-18-6-5-15-12(18)11(17-10)16-9-3-1-8(2-4-9)13(19)20;7-4-3-11-2-1-9-6(11)5(8)10-4/h1-7H,(H,16,17)(H,19,20);1-3H. The van der Waals surface area contributed by atoms with E-state index in [1.54, 1.807) is 30.7 Å². The fourth-order valence-electron chi connectivity index (χ4n) is 2.68. The highest BCUT2D eigenvalue weighted by molar-refractivity contribution is 9.11. The predicted octanol–water partition coefficient (Wildman–Crippen LogP) is 5.19. The average Bonchev–Trinajstić information content (AvgIpc) is 3.38. The van der Waals surface area contributed by atoms with Crippen molar-refractivity contribution in [3.05, 3.63) is 80.8 Å². The third kappa shape index (κ3) is 4.92. The number of aromatic nitrogens is 6. The fraction of sp³-hybridized carbons (Fsp3) is 0. The van der Waals surface area contributed by atoms with Crippen molar-refractivity contribution in [1.29, 1.82) is 0 Å². The van der Waals surface area contributed by atoms with Gasteiger partial charge in [0.1, 0.15) is 9.21 Å². The molecule has 0 unspecified atom stereocenters. The van der Waals surface area contributed by atoms with Gasteiger partial charge in [0.15, 0.2) is 21.7 Å². The number of carbonyl (C=O) groups is 1. The van der Waals surface area contributed by atoms with Crippen molar-refractivity contribution in [1.82, 2.24) is 28.7 Å². The molecule has 4 heterocycles. The Morgan fingerprint density at radius 3 is 2.10 bits per heavy atom. The van der Waals surface area contributed by atoms with E-state index in [9.17, 15) is 4.79 Å². The van der Waals surface area contributed by atoms with Gasteiger partial charge < -0.3 is 19.2 Å². The molecule has 9 nitrogen and oxygen atoms in total. The number of carboxylic acid groups (broad SMARTS) is 1. The zero-order chi connectivity index (χ0) is 22.0. The van der Waals surface area contributed by atoms with Crippen molar-refractivity contribution in [2.24, 2.45) is 0 Å². The summed E-state index contributed by atoms with van der Waals surface area (Å²) in [5, 5.41) is 12.0. The van der Waals surface area contributed by atoms with Crippen molar-refractivity contribution in [2.75, 3.05) is 5.32 Å². The summed E-state index contributed by atoms with van der Waals surface area (Å²) in [6.07, 6.45) is 10.8. The molecule has 0 saturated carbocycles. The molecule has 5 aromatic rings. The summed E-state index contributed by atoms with van der Waals surface area (Å²) in [6, 6.07) is 6.44. The van der Waals surface area contributed by atoms with Gasteiger partial charge in [-0.25, -0.2) is 24.7 Å². The lowest BCUT2D eigenvalue weighted by atomic mass is 10.2. The van der Waals surface area contributed by atoms with Gasteiger partial charge in [0.25, 0.3) is 0 Å². The molecule has 0 aliphatic heterocycles. The second-order valence-electron chi connectivity index (χ2n) is 6.09. The Bertz CT molecular complexity index is 1380. The fourth-order valence-corrected chi connectivity index (χ4v) is 4.21. The molecule has 1 aromatic carbocycles. The van der Waals surface area contributed by atoms with Crippen LogP contribution < -0.4 is 5.32 Å². The van der Waals surface area contributed by atoms with E-state index in [1.807, 2.05) is 27.4 Å². The first-order valence-electron chi connectivity index (χ1n) is 8.65. The molecule has 0 aliphatic rings. The summed E-state index contributed by atoms with van der Waals surface area (Å²) in [5.74, 6) is -0.361. The predicted molar refractivity (Wildman–Crippen MR) is 126 cm³/mol. The zero-order valence-corrected chi connectivity index (χ0v) is 20.2. The first-order valence-corrected chi connectivity index (χ1v) is 11.0. The van der Waals surface area contributed by atoms with Crippen LogP contribution in [0.4, 0.5) is 11.5 Å².